The van der Waals surface area contributed by atoms with E-state index in [2.05, 4.69) is 56.4 Å². The molecule has 1 amide bonds. The van der Waals surface area contributed by atoms with Crippen molar-refractivity contribution in [1.29, 1.82) is 0 Å². The first-order valence-corrected chi connectivity index (χ1v) is 14.3. The Morgan fingerprint density at radius 1 is 1.12 bits per heavy atom. The van der Waals surface area contributed by atoms with E-state index in [1.54, 1.807) is 11.6 Å². The predicted octanol–water partition coefficient (Wildman–Crippen LogP) is 5.00. The second-order valence-electron chi connectivity index (χ2n) is 10.7. The molecule has 9 nitrogen and oxygen atoms in total. The van der Waals surface area contributed by atoms with Gasteiger partial charge in [-0.3, -0.25) is 4.79 Å². The summed E-state index contributed by atoms with van der Waals surface area (Å²) in [5.41, 5.74) is 7.65. The number of carbonyl (C=O) groups excluding carboxylic acids is 1. The maximum Gasteiger partial charge on any atom is 0.252 e. The zero-order valence-corrected chi connectivity index (χ0v) is 23.9. The number of nitrogens with zero attached hydrogens (tertiary/aromatic N) is 5. The van der Waals surface area contributed by atoms with E-state index in [-0.39, 0.29) is 5.91 Å². The van der Waals surface area contributed by atoms with Crippen molar-refractivity contribution in [3.63, 3.8) is 0 Å². The topological polar surface area (TPSA) is 97.6 Å². The summed E-state index contributed by atoms with van der Waals surface area (Å²) in [6.45, 7) is 5.92. The van der Waals surface area contributed by atoms with Crippen LogP contribution in [0.15, 0.2) is 48.8 Å². The van der Waals surface area contributed by atoms with Crippen LogP contribution in [0.3, 0.4) is 0 Å². The lowest BCUT2D eigenvalue weighted by molar-refractivity contribution is -0.131. The number of aromatic amines is 1. The molecular formula is C32H36N6O3. The fourth-order valence-electron chi connectivity index (χ4n) is 5.94. The van der Waals surface area contributed by atoms with Crippen LogP contribution in [-0.4, -0.2) is 62.2 Å². The second-order valence-corrected chi connectivity index (χ2v) is 10.7. The molecule has 1 aliphatic rings. The van der Waals surface area contributed by atoms with Crippen LogP contribution < -0.4 is 9.47 Å². The SMILES string of the molecule is COc1ccc2cc1OCCCCN(C(=O)CCc1c(C)nc3ncnn3c1C)CCc1c([nH]c3ccccc13)C2. The van der Waals surface area contributed by atoms with E-state index in [1.165, 1.54) is 23.0 Å². The molecule has 212 valence electrons. The van der Waals surface area contributed by atoms with Crippen molar-refractivity contribution in [3.05, 3.63) is 82.6 Å². The summed E-state index contributed by atoms with van der Waals surface area (Å²) in [5.74, 6) is 2.24. The van der Waals surface area contributed by atoms with Crippen molar-refractivity contribution in [2.45, 2.75) is 52.4 Å². The Balaban J connectivity index is 1.26. The molecule has 9 heteroatoms. The van der Waals surface area contributed by atoms with E-state index in [4.69, 9.17) is 9.47 Å². The van der Waals surface area contributed by atoms with Crippen LogP contribution in [0.1, 0.15) is 53.0 Å². The minimum Gasteiger partial charge on any atom is -0.493 e. The Morgan fingerprint density at radius 2 is 2.00 bits per heavy atom. The van der Waals surface area contributed by atoms with E-state index in [0.717, 1.165) is 65.2 Å². The van der Waals surface area contributed by atoms with E-state index in [1.807, 2.05) is 24.8 Å². The molecule has 41 heavy (non-hydrogen) atoms. The highest BCUT2D eigenvalue weighted by Crippen LogP contribution is 2.31. The number of carbonyl (C=O) groups is 1. The Morgan fingerprint density at radius 3 is 2.88 bits per heavy atom. The minimum atomic E-state index is 0.156. The average molecular weight is 553 g/mol. The lowest BCUT2D eigenvalue weighted by Gasteiger charge is -2.24. The van der Waals surface area contributed by atoms with Gasteiger partial charge in [-0.2, -0.15) is 10.1 Å². The molecule has 2 bridgehead atoms. The highest BCUT2D eigenvalue weighted by atomic mass is 16.5. The summed E-state index contributed by atoms with van der Waals surface area (Å²) in [6.07, 6.45) is 5.79. The van der Waals surface area contributed by atoms with Crippen molar-refractivity contribution in [2.75, 3.05) is 26.8 Å². The third-order valence-electron chi connectivity index (χ3n) is 8.15. The fraction of sp³-hybridized carbons (Fsp3) is 0.375. The highest BCUT2D eigenvalue weighted by Gasteiger charge is 2.20. The number of amides is 1. The highest BCUT2D eigenvalue weighted by molar-refractivity contribution is 5.85. The van der Waals surface area contributed by atoms with Gasteiger partial charge in [0.2, 0.25) is 5.91 Å². The summed E-state index contributed by atoms with van der Waals surface area (Å²) < 4.78 is 13.5. The number of aryl methyl sites for hydroxylation is 2. The molecule has 0 aliphatic carbocycles. The van der Waals surface area contributed by atoms with E-state index < -0.39 is 0 Å². The number of fused-ring (bicyclic) bond motifs is 6. The van der Waals surface area contributed by atoms with Gasteiger partial charge in [-0.15, -0.1) is 0 Å². The molecule has 6 rings (SSSR count). The summed E-state index contributed by atoms with van der Waals surface area (Å²) >= 11 is 0. The summed E-state index contributed by atoms with van der Waals surface area (Å²) in [7, 11) is 1.67. The summed E-state index contributed by atoms with van der Waals surface area (Å²) in [6, 6.07) is 14.6. The number of hydrogen-bond donors (Lipinski definition) is 1. The Hall–Kier alpha value is -4.40. The predicted molar refractivity (Wildman–Crippen MR) is 158 cm³/mol. The molecule has 0 radical (unpaired) electrons. The van der Waals surface area contributed by atoms with Crippen LogP contribution in [0.5, 0.6) is 11.5 Å². The molecule has 3 aromatic heterocycles. The molecule has 0 fully saturated rings. The standard InChI is InChI=1S/C32H36N6O3/c1-21-24(22(2)38-32(35-21)33-20-34-38)11-13-31(39)37-15-6-7-17-41-30-19-23(10-12-29(30)40-3)18-28-26(14-16-37)25-8-4-5-9-27(25)36-28/h4-5,8-10,12,19-20,36H,6-7,11,13-18H2,1-3H3. The number of methoxy groups -OCH3 is 1. The van der Waals surface area contributed by atoms with Crippen molar-refractivity contribution < 1.29 is 14.3 Å². The van der Waals surface area contributed by atoms with Gasteiger partial charge < -0.3 is 19.4 Å². The number of hydrogen-bond acceptors (Lipinski definition) is 6. The number of ether oxygens (including phenoxy) is 2. The molecular weight excluding hydrogens is 516 g/mol. The Labute approximate surface area is 239 Å². The molecule has 2 aromatic carbocycles. The van der Waals surface area contributed by atoms with Gasteiger partial charge in [-0.25, -0.2) is 9.50 Å². The van der Waals surface area contributed by atoms with Gasteiger partial charge in [-0.05, 0) is 74.4 Å². The van der Waals surface area contributed by atoms with Gasteiger partial charge in [0.25, 0.3) is 5.78 Å². The Kier molecular flexibility index (Phi) is 7.59. The normalized spacial score (nSPS) is 14.5. The van der Waals surface area contributed by atoms with E-state index in [0.29, 0.717) is 38.3 Å². The third-order valence-corrected chi connectivity index (χ3v) is 8.15. The smallest absolute Gasteiger partial charge is 0.252 e. The van der Waals surface area contributed by atoms with Crippen LogP contribution in [0, 0.1) is 13.8 Å². The monoisotopic (exact) mass is 552 g/mol. The quantitative estimate of drug-likeness (QED) is 0.337. The first-order valence-electron chi connectivity index (χ1n) is 14.3. The molecule has 0 saturated carbocycles. The van der Waals surface area contributed by atoms with E-state index in [9.17, 15) is 4.79 Å². The molecule has 1 aliphatic heterocycles. The number of para-hydroxylation sites is 1. The van der Waals surface area contributed by atoms with Crippen molar-refractivity contribution in [3.8, 4) is 11.5 Å². The van der Waals surface area contributed by atoms with Crippen molar-refractivity contribution >= 4 is 22.6 Å². The zero-order valence-electron chi connectivity index (χ0n) is 23.9. The maximum absolute atomic E-state index is 13.7. The average Bonchev–Trinajstić information content (AvgIpc) is 3.58. The van der Waals surface area contributed by atoms with Crippen molar-refractivity contribution in [2.24, 2.45) is 0 Å². The summed E-state index contributed by atoms with van der Waals surface area (Å²) in [4.78, 5) is 28.2. The number of benzene rings is 2. The number of rotatable bonds is 4. The fourth-order valence-corrected chi connectivity index (χ4v) is 5.94. The van der Waals surface area contributed by atoms with Crippen LogP contribution in [0.25, 0.3) is 16.7 Å². The maximum atomic E-state index is 13.7. The lowest BCUT2D eigenvalue weighted by atomic mass is 10.0. The largest absolute Gasteiger partial charge is 0.493 e. The Bertz CT molecular complexity index is 1700. The van der Waals surface area contributed by atoms with Crippen molar-refractivity contribution in [1.82, 2.24) is 29.5 Å². The molecule has 4 heterocycles. The van der Waals surface area contributed by atoms with Crippen LogP contribution >= 0.6 is 0 Å². The first kappa shape index (κ1) is 26.8. The molecule has 5 aromatic rings. The van der Waals surface area contributed by atoms with E-state index >= 15 is 0 Å². The van der Waals surface area contributed by atoms with Gasteiger partial charge in [0.15, 0.2) is 11.5 Å². The lowest BCUT2D eigenvalue weighted by Crippen LogP contribution is -2.34. The van der Waals surface area contributed by atoms with Gasteiger partial charge >= 0.3 is 0 Å². The summed E-state index contributed by atoms with van der Waals surface area (Å²) in [5, 5.41) is 5.51. The number of H-pyrrole nitrogens is 1. The van der Waals surface area contributed by atoms with Crippen LogP contribution in [0.4, 0.5) is 0 Å². The second kappa shape index (κ2) is 11.6. The molecule has 0 unspecified atom stereocenters. The van der Waals surface area contributed by atoms with Gasteiger partial charge in [-0.1, -0.05) is 24.3 Å². The number of nitrogens with one attached hydrogen (secondary N) is 1. The third kappa shape index (κ3) is 5.49. The molecule has 1 N–H and O–H groups in total. The molecule has 0 atom stereocenters. The van der Waals surface area contributed by atoms with Crippen LogP contribution in [0.2, 0.25) is 0 Å². The van der Waals surface area contributed by atoms with Gasteiger partial charge in [0.05, 0.1) is 13.7 Å². The van der Waals surface area contributed by atoms with Gasteiger partial charge in [0, 0.05) is 53.9 Å². The zero-order chi connectivity index (χ0) is 28.3. The minimum absolute atomic E-state index is 0.156. The number of aromatic nitrogens is 5. The van der Waals surface area contributed by atoms with Crippen LogP contribution in [-0.2, 0) is 24.1 Å². The van der Waals surface area contributed by atoms with Gasteiger partial charge in [0.1, 0.15) is 6.33 Å². The molecule has 0 saturated heterocycles. The molecule has 0 spiro atoms. The first-order chi connectivity index (χ1) is 20.0.